The number of aromatic carboxylic acids is 1. The Morgan fingerprint density at radius 2 is 1.87 bits per heavy atom. The lowest BCUT2D eigenvalue weighted by Crippen LogP contribution is -2.40. The number of ether oxygens (including phenoxy) is 1. The van der Waals surface area contributed by atoms with Crippen LogP contribution in [0.2, 0.25) is 4.34 Å². The highest BCUT2D eigenvalue weighted by Gasteiger charge is 2.22. The molecular weight excluding hydrogens is 530 g/mol. The Morgan fingerprint density at radius 1 is 1.11 bits per heavy atom. The molecule has 0 spiro atoms. The number of hydrogen-bond donors (Lipinski definition) is 2. The van der Waals surface area contributed by atoms with Crippen molar-refractivity contribution in [3.8, 4) is 11.4 Å². The number of rotatable bonds is 7. The van der Waals surface area contributed by atoms with Crippen molar-refractivity contribution in [3.63, 3.8) is 0 Å². The third-order valence-electron chi connectivity index (χ3n) is 6.23. The lowest BCUT2D eigenvalue weighted by molar-refractivity contribution is 0.0697. The molecule has 10 nitrogen and oxygen atoms in total. The summed E-state index contributed by atoms with van der Waals surface area (Å²) >= 11 is 7.47. The summed E-state index contributed by atoms with van der Waals surface area (Å²) < 4.78 is 8.74. The second-order valence-corrected chi connectivity index (χ2v) is 10.4. The number of thiophene rings is 1. The quantitative estimate of drug-likeness (QED) is 0.355. The first-order chi connectivity index (χ1) is 18.3. The van der Waals surface area contributed by atoms with E-state index in [-0.39, 0.29) is 16.7 Å². The number of aromatic nitrogens is 3. The van der Waals surface area contributed by atoms with E-state index >= 15 is 0 Å². The molecule has 38 heavy (non-hydrogen) atoms. The average molecular weight is 554 g/mol. The number of nitrogens with one attached hydrogen (secondary N) is 1. The maximum Gasteiger partial charge on any atom is 0.335 e. The molecule has 1 aliphatic rings. The van der Waals surface area contributed by atoms with Crippen LogP contribution in [0.15, 0.2) is 59.4 Å². The second-order valence-electron chi connectivity index (χ2n) is 8.64. The summed E-state index contributed by atoms with van der Waals surface area (Å²) in [6.45, 7) is 2.78. The number of nitrogens with zero attached hydrogens (tertiary/aromatic N) is 4. The van der Waals surface area contributed by atoms with Crippen molar-refractivity contribution >= 4 is 46.3 Å². The zero-order valence-corrected chi connectivity index (χ0v) is 22.0. The number of anilines is 2. The molecule has 3 aromatic heterocycles. The van der Waals surface area contributed by atoms with E-state index in [1.807, 2.05) is 11.0 Å². The van der Waals surface area contributed by atoms with E-state index in [9.17, 15) is 19.5 Å². The fourth-order valence-electron chi connectivity index (χ4n) is 4.24. The van der Waals surface area contributed by atoms with Crippen LogP contribution in [0, 0.1) is 0 Å². The van der Waals surface area contributed by atoms with Crippen LogP contribution in [-0.4, -0.2) is 57.6 Å². The summed E-state index contributed by atoms with van der Waals surface area (Å²) in [6.07, 6.45) is 0. The minimum absolute atomic E-state index is 0.00735. The molecule has 5 rings (SSSR count). The van der Waals surface area contributed by atoms with Gasteiger partial charge in [-0.25, -0.2) is 4.79 Å². The topological polar surface area (TPSA) is 119 Å². The van der Waals surface area contributed by atoms with Crippen LogP contribution in [0.4, 0.5) is 11.5 Å². The number of carbonyl (C=O) groups is 2. The summed E-state index contributed by atoms with van der Waals surface area (Å²) in [7, 11) is 1.67. The lowest BCUT2D eigenvalue weighted by atomic mass is 10.1. The minimum Gasteiger partial charge on any atom is -0.478 e. The summed E-state index contributed by atoms with van der Waals surface area (Å²) in [5.41, 5.74) is 1.49. The van der Waals surface area contributed by atoms with Crippen LogP contribution in [0.3, 0.4) is 0 Å². The number of pyridine rings is 1. The number of halogens is 1. The predicted molar refractivity (Wildman–Crippen MR) is 146 cm³/mol. The van der Waals surface area contributed by atoms with Gasteiger partial charge in [-0.2, -0.15) is 9.78 Å². The Balaban J connectivity index is 1.53. The largest absolute Gasteiger partial charge is 0.478 e. The zero-order chi connectivity index (χ0) is 26.8. The Hall–Kier alpha value is -3.93. The maximum atomic E-state index is 13.5. The molecular formula is C26H24ClN5O5S. The van der Waals surface area contributed by atoms with Crippen LogP contribution < -0.4 is 15.8 Å². The number of morpholine rings is 1. The molecule has 12 heteroatoms. The predicted octanol–water partition coefficient (Wildman–Crippen LogP) is 3.80. The molecule has 4 heterocycles. The van der Waals surface area contributed by atoms with Crippen molar-refractivity contribution in [1.29, 1.82) is 0 Å². The van der Waals surface area contributed by atoms with Crippen LogP contribution in [-0.2, 0) is 18.3 Å². The molecule has 0 aliphatic carbocycles. The number of carbonyl (C=O) groups excluding carboxylic acids is 1. The number of carboxylic acids is 1. The molecule has 2 N–H and O–H groups in total. The van der Waals surface area contributed by atoms with Crippen molar-refractivity contribution in [2.45, 2.75) is 6.54 Å². The van der Waals surface area contributed by atoms with E-state index in [0.29, 0.717) is 60.1 Å². The van der Waals surface area contributed by atoms with E-state index in [0.717, 1.165) is 4.88 Å². The lowest BCUT2D eigenvalue weighted by Gasteiger charge is -2.28. The van der Waals surface area contributed by atoms with Gasteiger partial charge in [0.15, 0.2) is 0 Å². The van der Waals surface area contributed by atoms with Crippen molar-refractivity contribution in [3.05, 3.63) is 85.3 Å². The molecule has 0 saturated carbocycles. The third kappa shape index (κ3) is 5.21. The molecule has 0 amide bonds. The molecule has 1 aromatic carbocycles. The highest BCUT2D eigenvalue weighted by atomic mass is 35.5. The molecule has 196 valence electrons. The number of carboxylic acid groups (broad SMARTS) is 1. The van der Waals surface area contributed by atoms with Crippen LogP contribution in [0.1, 0.15) is 25.6 Å². The van der Waals surface area contributed by atoms with Crippen LogP contribution in [0.5, 0.6) is 0 Å². The summed E-state index contributed by atoms with van der Waals surface area (Å²) in [4.78, 5) is 41.1. The SMILES string of the molecule is Cn1c(-c2cc(NCc3ccc(Cl)s3)n(C(=O)c3cccc(C(=O)O)c3)n2)ccc(N2CCOCC2)c1=O. The molecule has 0 unspecified atom stereocenters. The van der Waals surface area contributed by atoms with E-state index in [1.165, 1.54) is 44.9 Å². The van der Waals surface area contributed by atoms with Gasteiger partial charge < -0.3 is 24.6 Å². The van der Waals surface area contributed by atoms with Crippen molar-refractivity contribution in [1.82, 2.24) is 14.3 Å². The maximum absolute atomic E-state index is 13.5. The fourth-order valence-corrected chi connectivity index (χ4v) is 5.27. The minimum atomic E-state index is -1.14. The van der Waals surface area contributed by atoms with Crippen LogP contribution in [0.25, 0.3) is 11.4 Å². The van der Waals surface area contributed by atoms with Crippen LogP contribution >= 0.6 is 22.9 Å². The molecule has 0 radical (unpaired) electrons. The molecule has 0 bridgehead atoms. The van der Waals surface area contributed by atoms with Gasteiger partial charge in [0.25, 0.3) is 11.5 Å². The molecule has 0 atom stereocenters. The van der Waals surface area contributed by atoms with Gasteiger partial charge in [-0.1, -0.05) is 17.7 Å². The van der Waals surface area contributed by atoms with Gasteiger partial charge in [0.1, 0.15) is 17.2 Å². The Morgan fingerprint density at radius 3 is 2.58 bits per heavy atom. The smallest absolute Gasteiger partial charge is 0.335 e. The molecule has 1 aliphatic heterocycles. The monoisotopic (exact) mass is 553 g/mol. The highest BCUT2D eigenvalue weighted by Crippen LogP contribution is 2.26. The highest BCUT2D eigenvalue weighted by molar-refractivity contribution is 7.16. The van der Waals surface area contributed by atoms with E-state index < -0.39 is 11.9 Å². The first-order valence-corrected chi connectivity index (χ1v) is 13.0. The third-order valence-corrected chi connectivity index (χ3v) is 7.46. The first kappa shape index (κ1) is 25.7. The Kier molecular flexibility index (Phi) is 7.32. The summed E-state index contributed by atoms with van der Waals surface area (Å²) in [5, 5.41) is 17.1. The van der Waals surface area contributed by atoms with Gasteiger partial charge >= 0.3 is 5.97 Å². The second kappa shape index (κ2) is 10.8. The Bertz CT molecular complexity index is 1570. The van der Waals surface area contributed by atoms with Crippen molar-refractivity contribution in [2.24, 2.45) is 7.05 Å². The van der Waals surface area contributed by atoms with Crippen molar-refractivity contribution < 1.29 is 19.4 Å². The summed E-state index contributed by atoms with van der Waals surface area (Å²) in [5.74, 6) is -1.26. The summed E-state index contributed by atoms with van der Waals surface area (Å²) in [6, 6.07) is 14.7. The normalized spacial score (nSPS) is 13.5. The zero-order valence-electron chi connectivity index (χ0n) is 20.4. The van der Waals surface area contributed by atoms with Crippen molar-refractivity contribution in [2.75, 3.05) is 36.5 Å². The van der Waals surface area contributed by atoms with E-state index in [1.54, 1.807) is 31.3 Å². The van der Waals surface area contributed by atoms with Gasteiger partial charge in [-0.3, -0.25) is 9.59 Å². The van der Waals surface area contributed by atoms with Gasteiger partial charge in [0.05, 0.1) is 35.4 Å². The van der Waals surface area contributed by atoms with Gasteiger partial charge in [-0.05, 0) is 42.5 Å². The number of benzene rings is 1. The molecule has 1 fully saturated rings. The Labute approximate surface area is 226 Å². The van der Waals surface area contributed by atoms with Gasteiger partial charge in [0.2, 0.25) is 0 Å². The number of hydrogen-bond acceptors (Lipinski definition) is 8. The standard InChI is InChI=1S/C26H24ClN5O5S/c1-30-20(6-7-21(25(30)34)31-9-11-37-12-10-31)19-14-23(28-15-18-5-8-22(27)38-18)32(29-19)24(33)16-3-2-4-17(13-16)26(35)36/h2-8,13-14,28H,9-12,15H2,1H3,(H,35,36). The van der Waals surface area contributed by atoms with E-state index in [4.69, 9.17) is 16.3 Å². The van der Waals surface area contributed by atoms with Gasteiger partial charge in [0, 0.05) is 36.6 Å². The van der Waals surface area contributed by atoms with E-state index in [2.05, 4.69) is 10.4 Å². The first-order valence-electron chi connectivity index (χ1n) is 11.8. The molecule has 1 saturated heterocycles. The fraction of sp³-hybridized carbons (Fsp3) is 0.231. The average Bonchev–Trinajstić information content (AvgIpc) is 3.55. The molecule has 4 aromatic rings. The van der Waals surface area contributed by atoms with Gasteiger partial charge in [-0.15, -0.1) is 11.3 Å².